The smallest absolute Gasteiger partial charge is 0.228 e. The molecule has 2 aromatic carbocycles. The zero-order valence-corrected chi connectivity index (χ0v) is 13.5. The second kappa shape index (κ2) is 7.45. The predicted molar refractivity (Wildman–Crippen MR) is 90.8 cm³/mol. The van der Waals surface area contributed by atoms with E-state index in [1.54, 1.807) is 18.2 Å². The van der Waals surface area contributed by atoms with E-state index in [1.165, 1.54) is 14.0 Å². The van der Waals surface area contributed by atoms with Gasteiger partial charge in [0.25, 0.3) is 0 Å². The van der Waals surface area contributed by atoms with Crippen molar-refractivity contribution in [1.82, 2.24) is 0 Å². The molecule has 2 rings (SSSR count). The monoisotopic (exact) mass is 312 g/mol. The summed E-state index contributed by atoms with van der Waals surface area (Å²) in [5.41, 5.74) is 3.23. The quantitative estimate of drug-likeness (QED) is 0.891. The van der Waals surface area contributed by atoms with E-state index >= 15 is 0 Å². The summed E-state index contributed by atoms with van der Waals surface area (Å²) in [5.74, 6) is 0.218. The zero-order chi connectivity index (χ0) is 16.8. The Balaban J connectivity index is 2.08. The molecule has 0 saturated heterocycles. The number of nitrogens with one attached hydrogen (secondary N) is 2. The molecule has 0 atom stereocenters. The van der Waals surface area contributed by atoms with E-state index < -0.39 is 0 Å². The van der Waals surface area contributed by atoms with E-state index in [0.29, 0.717) is 23.5 Å². The van der Waals surface area contributed by atoms with Crippen LogP contribution in [0.5, 0.6) is 5.75 Å². The third-order valence-electron chi connectivity index (χ3n) is 3.28. The van der Waals surface area contributed by atoms with Crippen LogP contribution in [0.1, 0.15) is 18.1 Å². The molecule has 0 fully saturated rings. The van der Waals surface area contributed by atoms with Crippen LogP contribution < -0.4 is 15.4 Å². The van der Waals surface area contributed by atoms with Crippen molar-refractivity contribution in [2.75, 3.05) is 17.7 Å². The molecule has 0 aliphatic heterocycles. The van der Waals surface area contributed by atoms with Crippen LogP contribution in [0.15, 0.2) is 42.5 Å². The summed E-state index contributed by atoms with van der Waals surface area (Å²) in [6.45, 7) is 3.42. The summed E-state index contributed by atoms with van der Waals surface area (Å²) >= 11 is 0. The highest BCUT2D eigenvalue weighted by atomic mass is 16.5. The largest absolute Gasteiger partial charge is 0.495 e. The van der Waals surface area contributed by atoms with Gasteiger partial charge in [-0.1, -0.05) is 29.8 Å². The van der Waals surface area contributed by atoms with Gasteiger partial charge in [0.05, 0.1) is 19.2 Å². The number of hydrogen-bond donors (Lipinski definition) is 2. The fraction of sp³-hybridized carbons (Fsp3) is 0.222. The normalized spacial score (nSPS) is 10.0. The number of anilines is 2. The van der Waals surface area contributed by atoms with Gasteiger partial charge in [0.2, 0.25) is 11.8 Å². The average molecular weight is 312 g/mol. The lowest BCUT2D eigenvalue weighted by atomic mass is 10.1. The van der Waals surface area contributed by atoms with Crippen LogP contribution in [0.25, 0.3) is 0 Å². The Morgan fingerprint density at radius 3 is 2.35 bits per heavy atom. The van der Waals surface area contributed by atoms with E-state index in [9.17, 15) is 9.59 Å². The van der Waals surface area contributed by atoms with Crippen molar-refractivity contribution in [2.45, 2.75) is 20.3 Å². The van der Waals surface area contributed by atoms with Gasteiger partial charge in [0.15, 0.2) is 0 Å². The van der Waals surface area contributed by atoms with Gasteiger partial charge in [0.1, 0.15) is 5.75 Å². The second-order valence-corrected chi connectivity index (χ2v) is 5.31. The highest BCUT2D eigenvalue weighted by Gasteiger charge is 2.09. The van der Waals surface area contributed by atoms with Gasteiger partial charge in [-0.05, 0) is 30.7 Å². The maximum Gasteiger partial charge on any atom is 0.228 e. The van der Waals surface area contributed by atoms with E-state index in [-0.39, 0.29) is 11.8 Å². The lowest BCUT2D eigenvalue weighted by Gasteiger charge is -2.12. The summed E-state index contributed by atoms with van der Waals surface area (Å²) in [7, 11) is 1.52. The predicted octanol–water partition coefficient (Wildman–Crippen LogP) is 3.14. The van der Waals surface area contributed by atoms with Gasteiger partial charge in [0, 0.05) is 12.6 Å². The summed E-state index contributed by atoms with van der Waals surface area (Å²) in [4.78, 5) is 23.4. The molecule has 0 radical (unpaired) electrons. The molecular weight excluding hydrogens is 292 g/mol. The summed E-state index contributed by atoms with van der Waals surface area (Å²) in [6, 6.07) is 12.9. The fourth-order valence-corrected chi connectivity index (χ4v) is 2.17. The van der Waals surface area contributed by atoms with Gasteiger partial charge in [-0.25, -0.2) is 0 Å². The number of benzene rings is 2. The van der Waals surface area contributed by atoms with Gasteiger partial charge >= 0.3 is 0 Å². The lowest BCUT2D eigenvalue weighted by Crippen LogP contribution is -2.15. The minimum Gasteiger partial charge on any atom is -0.495 e. The molecule has 0 aliphatic rings. The number of hydrogen-bond acceptors (Lipinski definition) is 3. The van der Waals surface area contributed by atoms with Crippen molar-refractivity contribution in [1.29, 1.82) is 0 Å². The van der Waals surface area contributed by atoms with Crippen LogP contribution >= 0.6 is 0 Å². The topological polar surface area (TPSA) is 67.4 Å². The number of amides is 2. The minimum absolute atomic E-state index is 0.118. The zero-order valence-electron chi connectivity index (χ0n) is 13.5. The molecule has 0 bridgehead atoms. The molecule has 5 heteroatoms. The molecule has 0 aromatic heterocycles. The van der Waals surface area contributed by atoms with E-state index in [2.05, 4.69) is 10.6 Å². The summed E-state index contributed by atoms with van der Waals surface area (Å²) in [6.07, 6.45) is 0.293. The first-order chi connectivity index (χ1) is 11.0. The Morgan fingerprint density at radius 2 is 1.74 bits per heavy atom. The first-order valence-corrected chi connectivity index (χ1v) is 7.29. The van der Waals surface area contributed by atoms with E-state index in [0.717, 1.165) is 11.1 Å². The number of carbonyl (C=O) groups is 2. The maximum absolute atomic E-state index is 12.1. The van der Waals surface area contributed by atoms with E-state index in [1.807, 2.05) is 31.2 Å². The highest BCUT2D eigenvalue weighted by molar-refractivity contribution is 5.95. The Kier molecular flexibility index (Phi) is 5.36. The van der Waals surface area contributed by atoms with Crippen molar-refractivity contribution < 1.29 is 14.3 Å². The molecule has 0 spiro atoms. The molecule has 120 valence electrons. The van der Waals surface area contributed by atoms with Crippen LogP contribution in [-0.4, -0.2) is 18.9 Å². The SMILES string of the molecule is COc1ccc(NC(=O)Cc2ccc(C)cc2)cc1NC(C)=O. The third kappa shape index (κ3) is 4.85. The van der Waals surface area contributed by atoms with Crippen molar-refractivity contribution in [2.24, 2.45) is 0 Å². The van der Waals surface area contributed by atoms with Gasteiger partial charge < -0.3 is 15.4 Å². The Bertz CT molecular complexity index is 709. The number of aryl methyl sites for hydroxylation is 1. The first-order valence-electron chi connectivity index (χ1n) is 7.29. The molecule has 5 nitrogen and oxygen atoms in total. The number of ether oxygens (including phenoxy) is 1. The van der Waals surface area contributed by atoms with Crippen molar-refractivity contribution >= 4 is 23.2 Å². The Hall–Kier alpha value is -2.82. The Labute approximate surface area is 135 Å². The lowest BCUT2D eigenvalue weighted by molar-refractivity contribution is -0.115. The van der Waals surface area contributed by atoms with Crippen molar-refractivity contribution in [3.8, 4) is 5.75 Å². The van der Waals surface area contributed by atoms with Crippen molar-refractivity contribution in [3.05, 3.63) is 53.6 Å². The molecule has 2 N–H and O–H groups in total. The van der Waals surface area contributed by atoms with Gasteiger partial charge in [-0.2, -0.15) is 0 Å². The van der Waals surface area contributed by atoms with Crippen LogP contribution in [0.4, 0.5) is 11.4 Å². The van der Waals surface area contributed by atoms with Crippen LogP contribution in [0.2, 0.25) is 0 Å². The molecule has 0 heterocycles. The van der Waals surface area contributed by atoms with Crippen LogP contribution in [-0.2, 0) is 16.0 Å². The molecule has 0 aliphatic carbocycles. The molecule has 2 amide bonds. The molecule has 0 unspecified atom stereocenters. The molecule has 23 heavy (non-hydrogen) atoms. The first kappa shape index (κ1) is 16.5. The minimum atomic E-state index is -0.202. The number of carbonyl (C=O) groups excluding carboxylic acids is 2. The molecule has 0 saturated carbocycles. The number of rotatable bonds is 5. The molecular formula is C18H20N2O3. The van der Waals surface area contributed by atoms with Crippen LogP contribution in [0.3, 0.4) is 0 Å². The fourth-order valence-electron chi connectivity index (χ4n) is 2.17. The van der Waals surface area contributed by atoms with Gasteiger partial charge in [-0.3, -0.25) is 9.59 Å². The third-order valence-corrected chi connectivity index (χ3v) is 3.28. The van der Waals surface area contributed by atoms with Gasteiger partial charge in [-0.15, -0.1) is 0 Å². The average Bonchev–Trinajstić information content (AvgIpc) is 2.49. The Morgan fingerprint density at radius 1 is 1.04 bits per heavy atom. The summed E-state index contributed by atoms with van der Waals surface area (Å²) in [5, 5.41) is 5.50. The second-order valence-electron chi connectivity index (χ2n) is 5.31. The van der Waals surface area contributed by atoms with Crippen LogP contribution in [0, 0.1) is 6.92 Å². The standard InChI is InChI=1S/C18H20N2O3/c1-12-4-6-14(7-5-12)10-18(22)20-15-8-9-17(23-3)16(11-15)19-13(2)21/h4-9,11H,10H2,1-3H3,(H,19,21)(H,20,22). The van der Waals surface area contributed by atoms with Crippen molar-refractivity contribution in [3.63, 3.8) is 0 Å². The molecule has 2 aromatic rings. The highest BCUT2D eigenvalue weighted by Crippen LogP contribution is 2.27. The maximum atomic E-state index is 12.1. The van der Waals surface area contributed by atoms with E-state index in [4.69, 9.17) is 4.74 Å². The summed E-state index contributed by atoms with van der Waals surface area (Å²) < 4.78 is 5.19. The number of methoxy groups -OCH3 is 1.